The number of benzene rings is 1. The number of phenols is 1. The number of rotatable bonds is 4. The highest BCUT2D eigenvalue weighted by Crippen LogP contribution is 2.35. The highest BCUT2D eigenvalue weighted by atomic mass is 32.1. The van der Waals surface area contributed by atoms with Gasteiger partial charge >= 0.3 is 0 Å². The fourth-order valence-electron chi connectivity index (χ4n) is 3.60. The Bertz CT molecular complexity index is 1160. The summed E-state index contributed by atoms with van der Waals surface area (Å²) < 4.78 is 1.36. The molecule has 1 amide bonds. The molecule has 1 aliphatic rings. The summed E-state index contributed by atoms with van der Waals surface area (Å²) in [6.07, 6.45) is 5.72. The minimum atomic E-state index is -0.765. The van der Waals surface area contributed by atoms with Gasteiger partial charge in [-0.1, -0.05) is 19.1 Å². The van der Waals surface area contributed by atoms with E-state index in [0.717, 1.165) is 29.7 Å². The number of hydrazone groups is 1. The number of phenolic OH excluding ortho intramolecular Hbond substituents is 1. The SMILES string of the molecule is C[C@H]1CCc2c(sc3ncn([C@@H](C)C(=O)NN=Cc4ccccc4O)c(=O)c23)C1. The van der Waals surface area contributed by atoms with Gasteiger partial charge in [0.2, 0.25) is 0 Å². The number of nitrogens with one attached hydrogen (secondary N) is 1. The lowest BCUT2D eigenvalue weighted by Crippen LogP contribution is -2.34. The van der Waals surface area contributed by atoms with Crippen LogP contribution in [0.15, 0.2) is 40.5 Å². The van der Waals surface area contributed by atoms with Crippen molar-refractivity contribution in [1.82, 2.24) is 15.0 Å². The maximum absolute atomic E-state index is 13.1. The maximum atomic E-state index is 13.1. The number of hydrogen-bond acceptors (Lipinski definition) is 6. The summed E-state index contributed by atoms with van der Waals surface area (Å²) in [5, 5.41) is 14.3. The first kappa shape index (κ1) is 19.3. The summed E-state index contributed by atoms with van der Waals surface area (Å²) in [5.41, 5.74) is 3.83. The van der Waals surface area contributed by atoms with Gasteiger partial charge in [0.15, 0.2) is 0 Å². The van der Waals surface area contributed by atoms with Crippen LogP contribution >= 0.6 is 11.3 Å². The molecule has 2 atom stereocenters. The van der Waals surface area contributed by atoms with Crippen molar-refractivity contribution in [3.8, 4) is 5.75 Å². The molecule has 3 aromatic rings. The normalized spacial score (nSPS) is 17.4. The first-order chi connectivity index (χ1) is 14.0. The van der Waals surface area contributed by atoms with Gasteiger partial charge in [0.25, 0.3) is 11.5 Å². The number of fused-ring (bicyclic) bond motifs is 3. The van der Waals surface area contributed by atoms with Gasteiger partial charge in [0.05, 0.1) is 17.9 Å². The lowest BCUT2D eigenvalue weighted by atomic mass is 9.89. The summed E-state index contributed by atoms with van der Waals surface area (Å²) >= 11 is 1.59. The third kappa shape index (κ3) is 3.67. The number of aromatic nitrogens is 2. The fraction of sp³-hybridized carbons (Fsp3) is 0.333. The van der Waals surface area contributed by atoms with E-state index >= 15 is 0 Å². The van der Waals surface area contributed by atoms with Crippen molar-refractivity contribution in [3.63, 3.8) is 0 Å². The van der Waals surface area contributed by atoms with Gasteiger partial charge < -0.3 is 5.11 Å². The largest absolute Gasteiger partial charge is 0.507 e. The molecule has 29 heavy (non-hydrogen) atoms. The Hall–Kier alpha value is -3.00. The molecule has 0 fully saturated rings. The molecule has 0 aliphatic heterocycles. The number of aryl methyl sites for hydroxylation is 1. The highest BCUT2D eigenvalue weighted by Gasteiger charge is 2.25. The van der Waals surface area contributed by atoms with Crippen molar-refractivity contribution in [2.75, 3.05) is 0 Å². The van der Waals surface area contributed by atoms with Gasteiger partial charge in [0.1, 0.15) is 16.6 Å². The van der Waals surface area contributed by atoms with Crippen LogP contribution in [0.3, 0.4) is 0 Å². The van der Waals surface area contributed by atoms with Crippen LogP contribution in [0, 0.1) is 5.92 Å². The first-order valence-electron chi connectivity index (χ1n) is 9.58. The zero-order valence-corrected chi connectivity index (χ0v) is 17.1. The third-order valence-electron chi connectivity index (χ3n) is 5.35. The minimum absolute atomic E-state index is 0.0703. The molecule has 0 saturated carbocycles. The van der Waals surface area contributed by atoms with Gasteiger partial charge in [-0.3, -0.25) is 14.2 Å². The zero-order valence-electron chi connectivity index (χ0n) is 16.3. The standard InChI is InChI=1S/C21H22N4O3S/c1-12-7-8-15-17(9-12)29-20-18(15)21(28)25(11-22-20)13(2)19(27)24-23-10-14-5-3-4-6-16(14)26/h3-6,10-13,26H,7-9H2,1-2H3,(H,24,27)/t12-,13-/m0/s1. The number of carbonyl (C=O) groups excluding carboxylic acids is 1. The van der Waals surface area contributed by atoms with E-state index in [9.17, 15) is 14.7 Å². The van der Waals surface area contributed by atoms with E-state index in [2.05, 4.69) is 22.4 Å². The first-order valence-corrected chi connectivity index (χ1v) is 10.4. The second-order valence-corrected chi connectivity index (χ2v) is 8.54. The third-order valence-corrected chi connectivity index (χ3v) is 6.52. The number of para-hydroxylation sites is 1. The number of carbonyl (C=O) groups is 1. The highest BCUT2D eigenvalue weighted by molar-refractivity contribution is 7.18. The van der Waals surface area contributed by atoms with Gasteiger partial charge in [-0.15, -0.1) is 11.3 Å². The van der Waals surface area contributed by atoms with Crippen molar-refractivity contribution in [2.24, 2.45) is 11.0 Å². The second-order valence-electron chi connectivity index (χ2n) is 7.46. The van der Waals surface area contributed by atoms with Crippen LogP contribution in [0.2, 0.25) is 0 Å². The number of hydrogen-bond donors (Lipinski definition) is 2. The van der Waals surface area contributed by atoms with Crippen LogP contribution in [0.1, 0.15) is 42.3 Å². The van der Waals surface area contributed by atoms with Crippen LogP contribution in [0.25, 0.3) is 10.2 Å². The Kier molecular flexibility index (Phi) is 5.19. The van der Waals surface area contributed by atoms with E-state index < -0.39 is 11.9 Å². The van der Waals surface area contributed by atoms with Crippen molar-refractivity contribution < 1.29 is 9.90 Å². The number of nitrogens with zero attached hydrogens (tertiary/aromatic N) is 3. The van der Waals surface area contributed by atoms with Crippen LogP contribution in [0.4, 0.5) is 0 Å². The molecule has 0 saturated heterocycles. The quantitative estimate of drug-likeness (QED) is 0.510. The van der Waals surface area contributed by atoms with Crippen molar-refractivity contribution in [3.05, 3.63) is 57.0 Å². The second kappa shape index (κ2) is 7.79. The van der Waals surface area contributed by atoms with E-state index in [0.29, 0.717) is 16.9 Å². The molecule has 4 rings (SSSR count). The van der Waals surface area contributed by atoms with E-state index in [1.807, 2.05) is 0 Å². The Morgan fingerprint density at radius 3 is 3.03 bits per heavy atom. The minimum Gasteiger partial charge on any atom is -0.507 e. The van der Waals surface area contributed by atoms with E-state index in [1.54, 1.807) is 36.5 Å². The van der Waals surface area contributed by atoms with Crippen molar-refractivity contribution in [2.45, 2.75) is 39.2 Å². The molecular weight excluding hydrogens is 388 g/mol. The number of thiophene rings is 1. The Balaban J connectivity index is 1.57. The monoisotopic (exact) mass is 410 g/mol. The lowest BCUT2D eigenvalue weighted by Gasteiger charge is -2.18. The molecule has 1 aromatic carbocycles. The maximum Gasteiger partial charge on any atom is 0.263 e. The van der Waals surface area contributed by atoms with E-state index in [-0.39, 0.29) is 11.3 Å². The van der Waals surface area contributed by atoms with Gasteiger partial charge in [-0.05, 0) is 49.8 Å². The molecule has 1 aliphatic carbocycles. The summed E-state index contributed by atoms with van der Waals surface area (Å²) in [7, 11) is 0. The molecule has 0 bridgehead atoms. The smallest absolute Gasteiger partial charge is 0.263 e. The molecule has 2 N–H and O–H groups in total. The predicted molar refractivity (Wildman–Crippen MR) is 114 cm³/mol. The average Bonchev–Trinajstić information content (AvgIpc) is 3.07. The molecule has 0 radical (unpaired) electrons. The Morgan fingerprint density at radius 2 is 2.24 bits per heavy atom. The molecule has 0 spiro atoms. The Labute approximate surface area is 171 Å². The molecular formula is C21H22N4O3S. The average molecular weight is 410 g/mol. The lowest BCUT2D eigenvalue weighted by molar-refractivity contribution is -0.123. The molecule has 2 heterocycles. The van der Waals surface area contributed by atoms with Crippen LogP contribution in [0.5, 0.6) is 5.75 Å². The zero-order chi connectivity index (χ0) is 20.5. The van der Waals surface area contributed by atoms with Crippen molar-refractivity contribution in [1.29, 1.82) is 0 Å². The number of aromatic hydroxyl groups is 1. The molecule has 150 valence electrons. The van der Waals surface area contributed by atoms with Gasteiger partial charge in [0, 0.05) is 10.4 Å². The number of amides is 1. The predicted octanol–water partition coefficient (Wildman–Crippen LogP) is 3.00. The summed E-state index contributed by atoms with van der Waals surface area (Å²) in [6.45, 7) is 3.86. The van der Waals surface area contributed by atoms with Crippen molar-refractivity contribution >= 4 is 33.7 Å². The Morgan fingerprint density at radius 1 is 1.45 bits per heavy atom. The van der Waals surface area contributed by atoms with E-state index in [1.165, 1.54) is 28.1 Å². The summed E-state index contributed by atoms with van der Waals surface area (Å²) in [4.78, 5) is 32.0. The van der Waals surface area contributed by atoms with Crippen LogP contribution < -0.4 is 11.0 Å². The molecule has 0 unspecified atom stereocenters. The van der Waals surface area contributed by atoms with Crippen LogP contribution in [-0.4, -0.2) is 26.8 Å². The topological polar surface area (TPSA) is 96.6 Å². The van der Waals surface area contributed by atoms with Crippen LogP contribution in [-0.2, 0) is 17.6 Å². The summed E-state index contributed by atoms with van der Waals surface area (Å²) in [6, 6.07) is 5.91. The summed E-state index contributed by atoms with van der Waals surface area (Å²) in [5.74, 6) is 0.253. The van der Waals surface area contributed by atoms with E-state index in [4.69, 9.17) is 0 Å². The fourth-order valence-corrected chi connectivity index (χ4v) is 4.94. The molecule has 8 heteroatoms. The molecule has 2 aromatic heterocycles. The van der Waals surface area contributed by atoms with Gasteiger partial charge in [-0.25, -0.2) is 10.4 Å². The molecule has 7 nitrogen and oxygen atoms in total. The van der Waals surface area contributed by atoms with Gasteiger partial charge in [-0.2, -0.15) is 5.10 Å².